The zero-order valence-corrected chi connectivity index (χ0v) is 13.6. The van der Waals surface area contributed by atoms with Gasteiger partial charge in [-0.2, -0.15) is 0 Å². The van der Waals surface area contributed by atoms with E-state index in [1.807, 2.05) is 0 Å². The van der Waals surface area contributed by atoms with E-state index in [0.29, 0.717) is 17.8 Å². The summed E-state index contributed by atoms with van der Waals surface area (Å²) in [6.07, 6.45) is 5.84. The van der Waals surface area contributed by atoms with Gasteiger partial charge in [-0.1, -0.05) is 0 Å². The third-order valence-corrected chi connectivity index (χ3v) is 5.01. The van der Waals surface area contributed by atoms with Crippen molar-refractivity contribution in [1.82, 2.24) is 15.2 Å². The van der Waals surface area contributed by atoms with Crippen molar-refractivity contribution < 1.29 is 14.0 Å². The number of carbonyl (C=O) groups is 1. The van der Waals surface area contributed by atoms with Crippen molar-refractivity contribution in [3.05, 3.63) is 18.0 Å². The molecule has 1 aromatic rings. The van der Waals surface area contributed by atoms with E-state index in [1.165, 1.54) is 25.1 Å². The number of hydrogen-bond acceptors (Lipinski definition) is 5. The Bertz CT molecular complexity index is 560. The molecule has 6 nitrogen and oxygen atoms in total. The van der Waals surface area contributed by atoms with Crippen LogP contribution in [0.4, 0.5) is 0 Å². The van der Waals surface area contributed by atoms with Crippen molar-refractivity contribution in [3.63, 3.8) is 0 Å². The average molecular weight is 319 g/mol. The molecule has 0 aromatic carbocycles. The van der Waals surface area contributed by atoms with Gasteiger partial charge >= 0.3 is 8.05 Å². The molecule has 2 bridgehead atoms. The molecule has 8 heteroatoms. The Morgan fingerprint density at radius 1 is 1.41 bits per heavy atom. The summed E-state index contributed by atoms with van der Waals surface area (Å²) >= 11 is 0. The summed E-state index contributed by atoms with van der Waals surface area (Å²) in [6, 6.07) is 2.83. The van der Waals surface area contributed by atoms with E-state index in [4.69, 9.17) is 17.2 Å². The maximum atomic E-state index is 12.4. The van der Waals surface area contributed by atoms with Gasteiger partial charge in [-0.3, -0.25) is 4.79 Å². The summed E-state index contributed by atoms with van der Waals surface area (Å²) < 4.78 is 9.69. The second-order valence-electron chi connectivity index (χ2n) is 5.94. The number of piperidine rings is 1. The largest absolute Gasteiger partial charge is 0.565 e. The summed E-state index contributed by atoms with van der Waals surface area (Å²) in [7, 11) is 9.45. The topological polar surface area (TPSA) is 63.7 Å². The number of hydrogen-bond donors (Lipinski definition) is 1. The Morgan fingerprint density at radius 2 is 2.09 bits per heavy atom. The van der Waals surface area contributed by atoms with Gasteiger partial charge in [-0.15, -0.1) is 0 Å². The third kappa shape index (κ3) is 2.92. The smallest absolute Gasteiger partial charge is 0.374 e. The molecule has 2 aliphatic rings. The number of nitrogens with one attached hydrogen (secondary N) is 1. The van der Waals surface area contributed by atoms with Crippen molar-refractivity contribution >= 4 is 23.4 Å². The molecule has 2 fully saturated rings. The lowest BCUT2D eigenvalue weighted by molar-refractivity contribution is 0.0877. The minimum absolute atomic E-state index is 0.197. The van der Waals surface area contributed by atoms with Gasteiger partial charge in [-0.25, -0.2) is 4.98 Å². The number of carbonyl (C=O) groups excluding carboxylic acids is 1. The summed E-state index contributed by atoms with van der Waals surface area (Å²) in [6.45, 7) is 0. The van der Waals surface area contributed by atoms with E-state index >= 15 is 0 Å². The van der Waals surface area contributed by atoms with Gasteiger partial charge in [-0.05, 0) is 32.7 Å². The van der Waals surface area contributed by atoms with Gasteiger partial charge in [0, 0.05) is 24.2 Å². The highest BCUT2D eigenvalue weighted by atomic mass is 31.0. The molecule has 116 valence electrons. The SMILES string of the molecule is [B]Oc1cc(C(=O)NC2C[C@H]3CC[C@@H](C2)N3C)ncc1OP. The molecule has 22 heavy (non-hydrogen) atoms. The third-order valence-electron chi connectivity index (χ3n) is 4.75. The van der Waals surface area contributed by atoms with E-state index in [1.54, 1.807) is 0 Å². The first-order valence-electron chi connectivity index (χ1n) is 7.38. The van der Waals surface area contributed by atoms with Crippen molar-refractivity contribution in [2.45, 2.75) is 43.8 Å². The monoisotopic (exact) mass is 319 g/mol. The van der Waals surface area contributed by atoms with Gasteiger partial charge in [0.2, 0.25) is 0 Å². The second kappa shape index (κ2) is 6.43. The van der Waals surface area contributed by atoms with Crippen molar-refractivity contribution in [3.8, 4) is 11.5 Å². The zero-order chi connectivity index (χ0) is 15.7. The lowest BCUT2D eigenvalue weighted by Gasteiger charge is -2.36. The lowest BCUT2D eigenvalue weighted by Crippen LogP contribution is -2.48. The molecule has 1 aromatic heterocycles. The molecule has 2 saturated heterocycles. The van der Waals surface area contributed by atoms with Crippen LogP contribution < -0.4 is 14.5 Å². The predicted molar refractivity (Wildman–Crippen MR) is 86.0 cm³/mol. The molecule has 1 N–H and O–H groups in total. The van der Waals surface area contributed by atoms with Crippen LogP contribution in [0.5, 0.6) is 11.5 Å². The minimum atomic E-state index is -0.206. The first kappa shape index (κ1) is 15.6. The lowest BCUT2D eigenvalue weighted by atomic mass is 9.98. The maximum absolute atomic E-state index is 12.4. The van der Waals surface area contributed by atoms with Crippen molar-refractivity contribution in [1.29, 1.82) is 0 Å². The molecule has 0 aliphatic carbocycles. The first-order valence-corrected chi connectivity index (χ1v) is 7.85. The second-order valence-corrected chi connectivity index (χ2v) is 6.18. The quantitative estimate of drug-likeness (QED) is 0.664. The molecule has 4 atom stereocenters. The molecule has 0 spiro atoms. The van der Waals surface area contributed by atoms with Gasteiger partial charge in [0.25, 0.3) is 5.91 Å². The Hall–Kier alpha value is -1.33. The standard InChI is InChI=1S/C14H19BN3O3P/c1-18-9-2-3-10(18)5-8(4-9)17-14(19)11-6-12(20-15)13(21-22)7-16-11/h6-10H,2-5,22H2,1H3,(H,17,19)/t8?,9-,10+. The fourth-order valence-electron chi connectivity index (χ4n) is 3.52. The van der Waals surface area contributed by atoms with E-state index in [-0.39, 0.29) is 23.4 Å². The summed E-state index contributed by atoms with van der Waals surface area (Å²) in [5.41, 5.74) is 0.275. The van der Waals surface area contributed by atoms with E-state index in [0.717, 1.165) is 12.8 Å². The average Bonchev–Trinajstić information content (AvgIpc) is 2.76. The van der Waals surface area contributed by atoms with Gasteiger partial charge in [0.15, 0.2) is 5.75 Å². The molecular weight excluding hydrogens is 300 g/mol. The Morgan fingerprint density at radius 3 is 2.68 bits per heavy atom. The number of amides is 1. The Labute approximate surface area is 133 Å². The van der Waals surface area contributed by atoms with E-state index < -0.39 is 0 Å². The number of rotatable bonds is 4. The molecule has 2 radical (unpaired) electrons. The molecule has 2 aliphatic heterocycles. The summed E-state index contributed by atoms with van der Waals surface area (Å²) in [5.74, 6) is 0.433. The highest BCUT2D eigenvalue weighted by Gasteiger charge is 2.38. The van der Waals surface area contributed by atoms with Crippen LogP contribution in [0.15, 0.2) is 12.3 Å². The molecule has 1 amide bonds. The van der Waals surface area contributed by atoms with Crippen molar-refractivity contribution in [2.24, 2.45) is 0 Å². The Kier molecular flexibility index (Phi) is 4.55. The van der Waals surface area contributed by atoms with Crippen LogP contribution >= 0.6 is 9.47 Å². The Balaban J connectivity index is 1.67. The van der Waals surface area contributed by atoms with E-state index in [9.17, 15) is 4.79 Å². The van der Waals surface area contributed by atoms with Gasteiger partial charge in [0.1, 0.15) is 11.4 Å². The summed E-state index contributed by atoms with van der Waals surface area (Å²) in [4.78, 5) is 18.9. The van der Waals surface area contributed by atoms with Crippen LogP contribution in [0.3, 0.4) is 0 Å². The number of nitrogens with zero attached hydrogens (tertiary/aromatic N) is 2. The molecule has 3 heterocycles. The van der Waals surface area contributed by atoms with Crippen LogP contribution in [-0.2, 0) is 0 Å². The molecule has 0 saturated carbocycles. The minimum Gasteiger partial charge on any atom is -0.565 e. The van der Waals surface area contributed by atoms with Crippen LogP contribution in [0.25, 0.3) is 0 Å². The van der Waals surface area contributed by atoms with Crippen molar-refractivity contribution in [2.75, 3.05) is 7.05 Å². The van der Waals surface area contributed by atoms with E-state index in [2.05, 4.69) is 31.7 Å². The zero-order valence-electron chi connectivity index (χ0n) is 12.5. The number of fused-ring (bicyclic) bond motifs is 2. The summed E-state index contributed by atoms with van der Waals surface area (Å²) in [5, 5.41) is 3.07. The predicted octanol–water partition coefficient (Wildman–Crippen LogP) is 1.07. The normalized spacial score (nSPS) is 27.5. The van der Waals surface area contributed by atoms with Crippen LogP contribution in [0, 0.1) is 0 Å². The first-order chi connectivity index (χ1) is 10.6. The molecule has 3 rings (SSSR count). The van der Waals surface area contributed by atoms with Crippen LogP contribution in [0.2, 0.25) is 0 Å². The van der Waals surface area contributed by atoms with Crippen LogP contribution in [0.1, 0.15) is 36.2 Å². The molecular formula is C14H19BN3O3P. The maximum Gasteiger partial charge on any atom is 0.374 e. The highest BCUT2D eigenvalue weighted by Crippen LogP contribution is 2.34. The van der Waals surface area contributed by atoms with Gasteiger partial charge in [0.05, 0.1) is 15.7 Å². The number of aromatic nitrogens is 1. The highest BCUT2D eigenvalue weighted by molar-refractivity contribution is 7.10. The fourth-order valence-corrected chi connectivity index (χ4v) is 3.69. The number of pyridine rings is 1. The van der Waals surface area contributed by atoms with Crippen LogP contribution in [-0.4, -0.2) is 49.0 Å². The van der Waals surface area contributed by atoms with Gasteiger partial charge < -0.3 is 19.4 Å². The fraction of sp³-hybridized carbons (Fsp3) is 0.571. The molecule has 2 unspecified atom stereocenters.